The third-order valence-electron chi connectivity index (χ3n) is 4.38. The quantitative estimate of drug-likeness (QED) is 0.640. The molecule has 0 spiro atoms. The maximum Gasteiger partial charge on any atom is 0.113 e. The fourth-order valence-corrected chi connectivity index (χ4v) is 4.01. The predicted octanol–water partition coefficient (Wildman–Crippen LogP) is 3.56. The van der Waals surface area contributed by atoms with Gasteiger partial charge in [-0.15, -0.1) is 11.3 Å². The Labute approximate surface area is 120 Å². The molecule has 4 heteroatoms. The van der Waals surface area contributed by atoms with Gasteiger partial charge in [0, 0.05) is 25.2 Å². The van der Waals surface area contributed by atoms with Crippen LogP contribution >= 0.6 is 11.3 Å². The van der Waals surface area contributed by atoms with Crippen molar-refractivity contribution >= 4 is 11.3 Å². The number of methoxy groups -OCH3 is 1. The molecule has 1 fully saturated rings. The summed E-state index contributed by atoms with van der Waals surface area (Å²) in [7, 11) is 1.76. The topological polar surface area (TPSA) is 34.1 Å². The zero-order valence-electron chi connectivity index (χ0n) is 12.2. The summed E-state index contributed by atoms with van der Waals surface area (Å²) in [6, 6.07) is 0. The molecule has 0 radical (unpaired) electrons. The molecule has 1 aliphatic rings. The Balaban J connectivity index is 2.10. The van der Waals surface area contributed by atoms with E-state index in [4.69, 9.17) is 4.74 Å². The summed E-state index contributed by atoms with van der Waals surface area (Å²) in [5.41, 5.74) is 0.0939. The van der Waals surface area contributed by atoms with E-state index < -0.39 is 0 Å². The minimum absolute atomic E-state index is 0.0939. The van der Waals surface area contributed by atoms with E-state index in [9.17, 15) is 0 Å². The third-order valence-corrected chi connectivity index (χ3v) is 5.36. The maximum absolute atomic E-state index is 5.19. The van der Waals surface area contributed by atoms with Gasteiger partial charge in [0.25, 0.3) is 0 Å². The molecule has 1 aliphatic carbocycles. The molecule has 19 heavy (non-hydrogen) atoms. The van der Waals surface area contributed by atoms with Gasteiger partial charge in [0.05, 0.1) is 12.1 Å². The van der Waals surface area contributed by atoms with E-state index in [1.54, 1.807) is 18.4 Å². The van der Waals surface area contributed by atoms with E-state index >= 15 is 0 Å². The van der Waals surface area contributed by atoms with Crippen molar-refractivity contribution < 1.29 is 4.74 Å². The fraction of sp³-hybridized carbons (Fsp3) is 0.800. The van der Waals surface area contributed by atoms with Crippen molar-refractivity contribution in [2.75, 3.05) is 20.3 Å². The van der Waals surface area contributed by atoms with E-state index in [2.05, 4.69) is 22.6 Å². The van der Waals surface area contributed by atoms with Crippen molar-refractivity contribution in [3.8, 4) is 0 Å². The molecule has 1 aromatic rings. The summed E-state index contributed by atoms with van der Waals surface area (Å²) < 4.78 is 5.19. The lowest BCUT2D eigenvalue weighted by molar-refractivity contribution is 0.177. The second-order valence-corrected chi connectivity index (χ2v) is 6.44. The molecule has 2 unspecified atom stereocenters. The molecule has 1 N–H and O–H groups in total. The number of nitrogens with zero attached hydrogens (tertiary/aromatic N) is 1. The molecule has 2 rings (SSSR count). The molecule has 0 saturated heterocycles. The lowest BCUT2D eigenvalue weighted by Crippen LogP contribution is -2.43. The van der Waals surface area contributed by atoms with Gasteiger partial charge in [0.15, 0.2) is 0 Å². The van der Waals surface area contributed by atoms with Gasteiger partial charge in [0.2, 0.25) is 0 Å². The average molecular weight is 282 g/mol. The number of rotatable bonds is 6. The highest BCUT2D eigenvalue weighted by Gasteiger charge is 2.36. The Bertz CT molecular complexity index is 355. The summed E-state index contributed by atoms with van der Waals surface area (Å²) in [5.74, 6) is 0.895. The molecule has 0 aromatic carbocycles. The highest BCUT2D eigenvalue weighted by atomic mass is 32.1. The summed E-state index contributed by atoms with van der Waals surface area (Å²) >= 11 is 1.79. The Morgan fingerprint density at radius 2 is 2.37 bits per heavy atom. The minimum Gasteiger partial charge on any atom is -0.383 e. The van der Waals surface area contributed by atoms with Crippen LogP contribution in [0.25, 0.3) is 0 Å². The monoisotopic (exact) mass is 282 g/mol. The van der Waals surface area contributed by atoms with Crippen molar-refractivity contribution in [2.24, 2.45) is 5.92 Å². The SMILES string of the molecule is CCC1CCCC(NCCOC)(c2nccs2)CC1. The zero-order chi connectivity index (χ0) is 13.6. The van der Waals surface area contributed by atoms with Crippen molar-refractivity contribution in [1.82, 2.24) is 10.3 Å². The summed E-state index contributed by atoms with van der Waals surface area (Å²) in [5, 5.41) is 7.10. The lowest BCUT2D eigenvalue weighted by Gasteiger charge is -2.32. The van der Waals surface area contributed by atoms with Gasteiger partial charge < -0.3 is 10.1 Å². The summed E-state index contributed by atoms with van der Waals surface area (Å²) in [6.45, 7) is 4.00. The smallest absolute Gasteiger partial charge is 0.113 e. The molecular weight excluding hydrogens is 256 g/mol. The normalized spacial score (nSPS) is 28.2. The van der Waals surface area contributed by atoms with E-state index in [1.807, 2.05) is 6.20 Å². The first kappa shape index (κ1) is 14.9. The summed E-state index contributed by atoms with van der Waals surface area (Å²) in [6.07, 6.45) is 9.65. The second kappa shape index (κ2) is 7.36. The Morgan fingerprint density at radius 1 is 1.47 bits per heavy atom. The molecular formula is C15H26N2OS. The van der Waals surface area contributed by atoms with Crippen LogP contribution in [0.4, 0.5) is 0 Å². The minimum atomic E-state index is 0.0939. The molecule has 1 heterocycles. The molecule has 2 atom stereocenters. The van der Waals surface area contributed by atoms with Crippen LogP contribution < -0.4 is 5.32 Å². The van der Waals surface area contributed by atoms with Gasteiger partial charge in [-0.05, 0) is 25.2 Å². The van der Waals surface area contributed by atoms with Crippen LogP contribution in [0.1, 0.15) is 50.5 Å². The van der Waals surface area contributed by atoms with Gasteiger partial charge >= 0.3 is 0 Å². The van der Waals surface area contributed by atoms with E-state index in [0.717, 1.165) is 19.1 Å². The van der Waals surface area contributed by atoms with Crippen molar-refractivity contribution in [3.05, 3.63) is 16.6 Å². The van der Waals surface area contributed by atoms with Crippen LogP contribution in [0.2, 0.25) is 0 Å². The van der Waals surface area contributed by atoms with E-state index in [-0.39, 0.29) is 5.54 Å². The largest absolute Gasteiger partial charge is 0.383 e. The number of hydrogen-bond donors (Lipinski definition) is 1. The van der Waals surface area contributed by atoms with E-state index in [0.29, 0.717) is 0 Å². The van der Waals surface area contributed by atoms with Crippen molar-refractivity contribution in [2.45, 2.75) is 51.0 Å². The average Bonchev–Trinajstić information content (AvgIpc) is 2.89. The Morgan fingerprint density at radius 3 is 3.05 bits per heavy atom. The van der Waals surface area contributed by atoms with Gasteiger partial charge in [-0.3, -0.25) is 0 Å². The van der Waals surface area contributed by atoms with Crippen molar-refractivity contribution in [3.63, 3.8) is 0 Å². The van der Waals surface area contributed by atoms with Crippen LogP contribution in [0.5, 0.6) is 0 Å². The number of nitrogens with one attached hydrogen (secondary N) is 1. The summed E-state index contributed by atoms with van der Waals surface area (Å²) in [4.78, 5) is 4.60. The number of aromatic nitrogens is 1. The highest BCUT2D eigenvalue weighted by Crippen LogP contribution is 2.39. The lowest BCUT2D eigenvalue weighted by atomic mass is 9.89. The number of hydrogen-bond acceptors (Lipinski definition) is 4. The molecule has 1 aromatic heterocycles. The van der Waals surface area contributed by atoms with Crippen LogP contribution in [0.15, 0.2) is 11.6 Å². The third kappa shape index (κ3) is 3.77. The molecule has 108 valence electrons. The van der Waals surface area contributed by atoms with Crippen LogP contribution in [-0.4, -0.2) is 25.2 Å². The fourth-order valence-electron chi connectivity index (χ4n) is 3.14. The number of thiazole rings is 1. The molecule has 0 aliphatic heterocycles. The van der Waals surface area contributed by atoms with Gasteiger partial charge in [-0.1, -0.05) is 26.2 Å². The standard InChI is InChI=1S/C15H26N2OS/c1-3-13-5-4-7-15(8-6-13,17-9-11-18-2)14-16-10-12-19-14/h10,12-13,17H,3-9,11H2,1-2H3. The van der Waals surface area contributed by atoms with Gasteiger partial charge in [-0.2, -0.15) is 0 Å². The van der Waals surface area contributed by atoms with Crippen LogP contribution in [-0.2, 0) is 10.3 Å². The van der Waals surface area contributed by atoms with Crippen LogP contribution in [0, 0.1) is 5.92 Å². The maximum atomic E-state index is 5.19. The highest BCUT2D eigenvalue weighted by molar-refractivity contribution is 7.09. The van der Waals surface area contributed by atoms with E-state index in [1.165, 1.54) is 43.5 Å². The molecule has 0 amide bonds. The Kier molecular flexibility index (Phi) is 5.79. The van der Waals surface area contributed by atoms with Gasteiger partial charge in [0.1, 0.15) is 5.01 Å². The molecule has 3 nitrogen and oxygen atoms in total. The molecule has 0 bridgehead atoms. The first-order valence-electron chi connectivity index (χ1n) is 7.44. The Hall–Kier alpha value is -0.450. The number of ether oxygens (including phenoxy) is 1. The van der Waals surface area contributed by atoms with Crippen molar-refractivity contribution in [1.29, 1.82) is 0 Å². The van der Waals surface area contributed by atoms with Crippen LogP contribution in [0.3, 0.4) is 0 Å². The molecule has 1 saturated carbocycles. The first-order chi connectivity index (χ1) is 9.30. The first-order valence-corrected chi connectivity index (χ1v) is 8.32. The zero-order valence-corrected chi connectivity index (χ0v) is 13.0. The predicted molar refractivity (Wildman–Crippen MR) is 80.5 cm³/mol. The van der Waals surface area contributed by atoms with Gasteiger partial charge in [-0.25, -0.2) is 4.98 Å². The second-order valence-electron chi connectivity index (χ2n) is 5.54.